The Balaban J connectivity index is 1.84. The molecule has 1 aromatic rings. The van der Waals surface area contributed by atoms with Crippen molar-refractivity contribution in [3.05, 3.63) is 11.8 Å². The summed E-state index contributed by atoms with van der Waals surface area (Å²) in [6, 6.07) is 2.66. The zero-order chi connectivity index (χ0) is 13.2. The van der Waals surface area contributed by atoms with E-state index in [-0.39, 0.29) is 0 Å². The van der Waals surface area contributed by atoms with Crippen molar-refractivity contribution in [2.75, 3.05) is 30.3 Å². The monoisotopic (exact) mass is 261 g/mol. The molecule has 0 aromatic carbocycles. The quantitative estimate of drug-likeness (QED) is 0.845. The van der Waals surface area contributed by atoms with E-state index < -0.39 is 0 Å². The van der Waals surface area contributed by atoms with Gasteiger partial charge in [0.05, 0.1) is 5.69 Å². The standard InChI is InChI=1S/C14H23N5/c1-10-9-19(7-6-16-10)13-8-12(17-14(15)18-13)11-4-2-3-5-11/h8,10-11,16H,2-7,9H2,1H3,(H2,15,17,18)/t10-/m1/s1. The summed E-state index contributed by atoms with van der Waals surface area (Å²) in [7, 11) is 0. The Bertz CT molecular complexity index is 441. The minimum atomic E-state index is 0.422. The molecule has 2 heterocycles. The third-order valence-corrected chi connectivity index (χ3v) is 4.22. The first-order valence-electron chi connectivity index (χ1n) is 7.35. The molecule has 0 unspecified atom stereocenters. The summed E-state index contributed by atoms with van der Waals surface area (Å²) in [6.45, 7) is 5.18. The van der Waals surface area contributed by atoms with Gasteiger partial charge in [-0.3, -0.25) is 0 Å². The van der Waals surface area contributed by atoms with Gasteiger partial charge >= 0.3 is 0 Å². The first-order valence-corrected chi connectivity index (χ1v) is 7.35. The lowest BCUT2D eigenvalue weighted by molar-refractivity contribution is 0.482. The number of nitrogens with two attached hydrogens (primary N) is 1. The second kappa shape index (κ2) is 5.33. The van der Waals surface area contributed by atoms with E-state index in [1.165, 1.54) is 25.7 Å². The fourth-order valence-corrected chi connectivity index (χ4v) is 3.20. The summed E-state index contributed by atoms with van der Waals surface area (Å²) >= 11 is 0. The maximum atomic E-state index is 5.90. The summed E-state index contributed by atoms with van der Waals surface area (Å²) in [5, 5.41) is 3.45. The van der Waals surface area contributed by atoms with Crippen molar-refractivity contribution < 1.29 is 0 Å². The number of hydrogen-bond donors (Lipinski definition) is 2. The lowest BCUT2D eigenvalue weighted by atomic mass is 10.0. The van der Waals surface area contributed by atoms with E-state index in [0.29, 0.717) is 17.9 Å². The van der Waals surface area contributed by atoms with Gasteiger partial charge in [0.1, 0.15) is 5.82 Å². The first-order chi connectivity index (χ1) is 9.22. The number of anilines is 2. The fourth-order valence-electron chi connectivity index (χ4n) is 3.20. The van der Waals surface area contributed by atoms with E-state index in [2.05, 4.69) is 33.2 Å². The summed E-state index contributed by atoms with van der Waals surface area (Å²) in [6.07, 6.45) is 5.12. The van der Waals surface area contributed by atoms with Crippen LogP contribution in [0.3, 0.4) is 0 Å². The Morgan fingerprint density at radius 2 is 2.11 bits per heavy atom. The number of piperazine rings is 1. The van der Waals surface area contributed by atoms with Gasteiger partial charge in [-0.05, 0) is 19.8 Å². The Labute approximate surface area is 114 Å². The minimum absolute atomic E-state index is 0.422. The van der Waals surface area contributed by atoms with Crippen LogP contribution in [0.4, 0.5) is 11.8 Å². The van der Waals surface area contributed by atoms with Crippen molar-refractivity contribution in [3.8, 4) is 0 Å². The van der Waals surface area contributed by atoms with Crippen molar-refractivity contribution in [2.24, 2.45) is 0 Å². The Morgan fingerprint density at radius 3 is 2.84 bits per heavy atom. The maximum absolute atomic E-state index is 5.90. The second-order valence-electron chi connectivity index (χ2n) is 5.79. The number of rotatable bonds is 2. The summed E-state index contributed by atoms with van der Waals surface area (Å²) < 4.78 is 0. The van der Waals surface area contributed by atoms with E-state index >= 15 is 0 Å². The highest BCUT2D eigenvalue weighted by Gasteiger charge is 2.22. The van der Waals surface area contributed by atoms with Gasteiger partial charge in [0, 0.05) is 37.7 Å². The number of hydrogen-bond acceptors (Lipinski definition) is 5. The van der Waals surface area contributed by atoms with E-state index in [0.717, 1.165) is 31.1 Å². The average Bonchev–Trinajstić information content (AvgIpc) is 2.92. The molecule has 1 aromatic heterocycles. The molecule has 3 rings (SSSR count). The third kappa shape index (κ3) is 2.81. The molecule has 5 nitrogen and oxygen atoms in total. The van der Waals surface area contributed by atoms with Crippen LogP contribution in [0, 0.1) is 0 Å². The average molecular weight is 261 g/mol. The third-order valence-electron chi connectivity index (χ3n) is 4.22. The highest BCUT2D eigenvalue weighted by molar-refractivity contribution is 5.45. The summed E-state index contributed by atoms with van der Waals surface area (Å²) in [5.74, 6) is 2.01. The van der Waals surface area contributed by atoms with Gasteiger partial charge < -0.3 is 16.0 Å². The van der Waals surface area contributed by atoms with E-state index in [4.69, 9.17) is 5.73 Å². The first kappa shape index (κ1) is 12.7. The molecule has 5 heteroatoms. The van der Waals surface area contributed by atoms with Crippen LogP contribution in [0.25, 0.3) is 0 Å². The molecule has 1 saturated heterocycles. The molecule has 19 heavy (non-hydrogen) atoms. The number of nitrogens with one attached hydrogen (secondary N) is 1. The predicted molar refractivity (Wildman–Crippen MR) is 77.3 cm³/mol. The molecular weight excluding hydrogens is 238 g/mol. The summed E-state index contributed by atoms with van der Waals surface area (Å²) in [5.41, 5.74) is 7.05. The van der Waals surface area contributed by atoms with E-state index in [1.807, 2.05) is 0 Å². The number of nitrogen functional groups attached to an aromatic ring is 1. The smallest absolute Gasteiger partial charge is 0.222 e. The number of aromatic nitrogens is 2. The lowest BCUT2D eigenvalue weighted by Crippen LogP contribution is -2.49. The van der Waals surface area contributed by atoms with Crippen LogP contribution < -0.4 is 16.0 Å². The Kier molecular flexibility index (Phi) is 3.55. The summed E-state index contributed by atoms with van der Waals surface area (Å²) in [4.78, 5) is 11.2. The minimum Gasteiger partial charge on any atom is -0.368 e. The van der Waals surface area contributed by atoms with Gasteiger partial charge in [-0.25, -0.2) is 4.98 Å². The molecule has 0 amide bonds. The van der Waals surface area contributed by atoms with E-state index in [9.17, 15) is 0 Å². The highest BCUT2D eigenvalue weighted by Crippen LogP contribution is 2.34. The molecule has 1 aliphatic heterocycles. The van der Waals surface area contributed by atoms with Crippen LogP contribution in [0.15, 0.2) is 6.07 Å². The molecule has 0 radical (unpaired) electrons. The Hall–Kier alpha value is -1.36. The SMILES string of the molecule is C[C@@H]1CN(c2cc(C3CCCC3)nc(N)n2)CCN1. The molecule has 104 valence electrons. The molecule has 2 aliphatic rings. The van der Waals surface area contributed by atoms with Crippen LogP contribution in [0.2, 0.25) is 0 Å². The van der Waals surface area contributed by atoms with Gasteiger partial charge in [0.15, 0.2) is 0 Å². The molecule has 1 aliphatic carbocycles. The van der Waals surface area contributed by atoms with Gasteiger partial charge in [0.2, 0.25) is 5.95 Å². The maximum Gasteiger partial charge on any atom is 0.222 e. The molecule has 0 spiro atoms. The Morgan fingerprint density at radius 1 is 1.32 bits per heavy atom. The van der Waals surface area contributed by atoms with Gasteiger partial charge in [-0.1, -0.05) is 12.8 Å². The normalized spacial score (nSPS) is 24.9. The molecule has 0 bridgehead atoms. The van der Waals surface area contributed by atoms with Crippen molar-refractivity contribution in [1.29, 1.82) is 0 Å². The lowest BCUT2D eigenvalue weighted by Gasteiger charge is -2.33. The molecule has 1 saturated carbocycles. The van der Waals surface area contributed by atoms with Crippen LogP contribution in [0.5, 0.6) is 0 Å². The van der Waals surface area contributed by atoms with Crippen LogP contribution in [-0.4, -0.2) is 35.6 Å². The zero-order valence-corrected chi connectivity index (χ0v) is 11.6. The van der Waals surface area contributed by atoms with Crippen LogP contribution in [-0.2, 0) is 0 Å². The predicted octanol–water partition coefficient (Wildman–Crippen LogP) is 1.51. The molecule has 3 N–H and O–H groups in total. The van der Waals surface area contributed by atoms with Crippen molar-refractivity contribution in [2.45, 2.75) is 44.6 Å². The number of nitrogens with zero attached hydrogens (tertiary/aromatic N) is 3. The molecule has 2 fully saturated rings. The van der Waals surface area contributed by atoms with Crippen LogP contribution >= 0.6 is 0 Å². The topological polar surface area (TPSA) is 67.1 Å². The zero-order valence-electron chi connectivity index (χ0n) is 11.6. The van der Waals surface area contributed by atoms with Gasteiger partial charge in [-0.2, -0.15) is 4.98 Å². The van der Waals surface area contributed by atoms with Crippen molar-refractivity contribution in [1.82, 2.24) is 15.3 Å². The van der Waals surface area contributed by atoms with Crippen LogP contribution in [0.1, 0.15) is 44.2 Å². The fraction of sp³-hybridized carbons (Fsp3) is 0.714. The second-order valence-corrected chi connectivity index (χ2v) is 5.79. The molecular formula is C14H23N5. The van der Waals surface area contributed by atoms with Crippen molar-refractivity contribution in [3.63, 3.8) is 0 Å². The van der Waals surface area contributed by atoms with Gasteiger partial charge in [0.25, 0.3) is 0 Å². The van der Waals surface area contributed by atoms with Gasteiger partial charge in [-0.15, -0.1) is 0 Å². The van der Waals surface area contributed by atoms with E-state index in [1.54, 1.807) is 0 Å². The largest absolute Gasteiger partial charge is 0.368 e. The van der Waals surface area contributed by atoms with Crippen molar-refractivity contribution >= 4 is 11.8 Å². The molecule has 1 atom stereocenters. The highest BCUT2D eigenvalue weighted by atomic mass is 15.3.